The molecule has 0 N–H and O–H groups in total. The fourth-order valence-corrected chi connectivity index (χ4v) is 1.33. The highest BCUT2D eigenvalue weighted by molar-refractivity contribution is 5.88. The van der Waals surface area contributed by atoms with E-state index in [0.717, 1.165) is 19.3 Å². The summed E-state index contributed by atoms with van der Waals surface area (Å²) >= 11 is 0. The zero-order valence-corrected chi connectivity index (χ0v) is 6.52. The molecule has 56 valence electrons. The molecule has 0 amide bonds. The van der Waals surface area contributed by atoms with Crippen molar-refractivity contribution in [3.05, 3.63) is 12.7 Å². The van der Waals surface area contributed by atoms with Gasteiger partial charge in [-0.25, -0.2) is 0 Å². The fraction of sp³-hybridized carbons (Fsp3) is 0.667. The number of hydrogen-bond acceptors (Lipinski definition) is 1. The third kappa shape index (κ3) is 1.13. The largest absolute Gasteiger partial charge is 0.299 e. The second-order valence-electron chi connectivity index (χ2n) is 3.05. The van der Waals surface area contributed by atoms with Crippen LogP contribution in [0.1, 0.15) is 32.6 Å². The molecular formula is C9H14O. The van der Waals surface area contributed by atoms with Crippen molar-refractivity contribution < 1.29 is 4.79 Å². The van der Waals surface area contributed by atoms with Gasteiger partial charge in [0.1, 0.15) is 5.78 Å². The van der Waals surface area contributed by atoms with Gasteiger partial charge in [0.25, 0.3) is 0 Å². The molecule has 0 aliphatic heterocycles. The maximum atomic E-state index is 11.3. The van der Waals surface area contributed by atoms with Gasteiger partial charge >= 0.3 is 0 Å². The highest BCUT2D eigenvalue weighted by atomic mass is 16.1. The SMILES string of the molecule is C=CCC(=O)C1(CC)CC1. The van der Waals surface area contributed by atoms with Crippen molar-refractivity contribution in [1.29, 1.82) is 0 Å². The standard InChI is InChI=1S/C9H14O/c1-3-5-8(10)9(4-2)6-7-9/h3H,1,4-7H2,2H3. The second kappa shape index (κ2) is 2.57. The second-order valence-corrected chi connectivity index (χ2v) is 3.05. The minimum absolute atomic E-state index is 0.0915. The zero-order valence-electron chi connectivity index (χ0n) is 6.52. The van der Waals surface area contributed by atoms with Gasteiger partial charge < -0.3 is 0 Å². The Morgan fingerprint density at radius 3 is 2.60 bits per heavy atom. The molecule has 0 radical (unpaired) electrons. The fourth-order valence-electron chi connectivity index (χ4n) is 1.33. The smallest absolute Gasteiger partial charge is 0.142 e. The maximum Gasteiger partial charge on any atom is 0.142 e. The Morgan fingerprint density at radius 2 is 2.30 bits per heavy atom. The van der Waals surface area contributed by atoms with E-state index >= 15 is 0 Å². The molecule has 0 aromatic carbocycles. The molecule has 0 aromatic heterocycles. The first-order valence-corrected chi connectivity index (χ1v) is 3.89. The van der Waals surface area contributed by atoms with E-state index in [9.17, 15) is 4.79 Å². The number of carbonyl (C=O) groups excluding carboxylic acids is 1. The highest BCUT2D eigenvalue weighted by Crippen LogP contribution is 2.50. The Morgan fingerprint density at radius 1 is 1.70 bits per heavy atom. The lowest BCUT2D eigenvalue weighted by molar-refractivity contribution is -0.123. The molecule has 1 fully saturated rings. The molecule has 10 heavy (non-hydrogen) atoms. The summed E-state index contributed by atoms with van der Waals surface area (Å²) in [5.41, 5.74) is 0.0915. The van der Waals surface area contributed by atoms with Crippen LogP contribution in [0.5, 0.6) is 0 Å². The molecule has 0 spiro atoms. The van der Waals surface area contributed by atoms with Crippen molar-refractivity contribution in [3.8, 4) is 0 Å². The molecule has 0 heterocycles. The van der Waals surface area contributed by atoms with Crippen LogP contribution in [0.2, 0.25) is 0 Å². The Kier molecular flexibility index (Phi) is 1.93. The number of Topliss-reactive ketones (excluding diaryl/α,β-unsaturated/α-hetero) is 1. The van der Waals surface area contributed by atoms with Gasteiger partial charge in [0, 0.05) is 11.8 Å². The van der Waals surface area contributed by atoms with Crippen LogP contribution in [0.3, 0.4) is 0 Å². The predicted molar refractivity (Wildman–Crippen MR) is 41.8 cm³/mol. The van der Waals surface area contributed by atoms with Crippen molar-refractivity contribution in [2.75, 3.05) is 0 Å². The number of rotatable bonds is 4. The summed E-state index contributed by atoms with van der Waals surface area (Å²) in [5, 5.41) is 0. The van der Waals surface area contributed by atoms with Crippen LogP contribution in [0.25, 0.3) is 0 Å². The topological polar surface area (TPSA) is 17.1 Å². The Hall–Kier alpha value is -0.590. The number of hydrogen-bond donors (Lipinski definition) is 0. The first-order valence-electron chi connectivity index (χ1n) is 3.89. The summed E-state index contributed by atoms with van der Waals surface area (Å²) in [5.74, 6) is 0.394. The van der Waals surface area contributed by atoms with E-state index in [4.69, 9.17) is 0 Å². The Labute approximate surface area is 62.1 Å². The minimum Gasteiger partial charge on any atom is -0.299 e. The van der Waals surface area contributed by atoms with Crippen LogP contribution < -0.4 is 0 Å². The number of allylic oxidation sites excluding steroid dienone is 1. The van der Waals surface area contributed by atoms with Crippen LogP contribution in [0.15, 0.2) is 12.7 Å². The lowest BCUT2D eigenvalue weighted by Crippen LogP contribution is -2.12. The summed E-state index contributed by atoms with van der Waals surface area (Å²) in [4.78, 5) is 11.3. The summed E-state index contributed by atoms with van der Waals surface area (Å²) in [7, 11) is 0. The highest BCUT2D eigenvalue weighted by Gasteiger charge is 2.46. The summed E-state index contributed by atoms with van der Waals surface area (Å²) in [6.07, 6.45) is 5.50. The summed E-state index contributed by atoms with van der Waals surface area (Å²) < 4.78 is 0. The molecule has 0 atom stereocenters. The molecule has 1 aliphatic rings. The van der Waals surface area contributed by atoms with Crippen molar-refractivity contribution in [2.45, 2.75) is 32.6 Å². The van der Waals surface area contributed by atoms with Crippen molar-refractivity contribution >= 4 is 5.78 Å². The van der Waals surface area contributed by atoms with Crippen LogP contribution in [0.4, 0.5) is 0 Å². The molecule has 0 saturated heterocycles. The minimum atomic E-state index is 0.0915. The van der Waals surface area contributed by atoms with E-state index in [0.29, 0.717) is 12.2 Å². The lowest BCUT2D eigenvalue weighted by Gasteiger charge is -2.07. The third-order valence-corrected chi connectivity index (χ3v) is 2.45. The predicted octanol–water partition coefficient (Wildman–Crippen LogP) is 2.32. The zero-order chi connectivity index (χ0) is 7.61. The lowest BCUT2D eigenvalue weighted by atomic mass is 9.96. The molecule has 1 heteroatoms. The van der Waals surface area contributed by atoms with E-state index in [1.165, 1.54) is 0 Å². The van der Waals surface area contributed by atoms with Gasteiger partial charge in [0.15, 0.2) is 0 Å². The molecule has 1 rings (SSSR count). The third-order valence-electron chi connectivity index (χ3n) is 2.45. The van der Waals surface area contributed by atoms with Crippen molar-refractivity contribution in [1.82, 2.24) is 0 Å². The van der Waals surface area contributed by atoms with Crippen LogP contribution in [-0.2, 0) is 4.79 Å². The molecule has 0 aromatic rings. The van der Waals surface area contributed by atoms with Gasteiger partial charge in [-0.1, -0.05) is 13.0 Å². The van der Waals surface area contributed by atoms with E-state index < -0.39 is 0 Å². The molecule has 1 nitrogen and oxygen atoms in total. The average molecular weight is 138 g/mol. The van der Waals surface area contributed by atoms with E-state index in [1.807, 2.05) is 0 Å². The molecule has 0 unspecified atom stereocenters. The van der Waals surface area contributed by atoms with E-state index in [1.54, 1.807) is 6.08 Å². The molecule has 1 aliphatic carbocycles. The monoisotopic (exact) mass is 138 g/mol. The van der Waals surface area contributed by atoms with Crippen molar-refractivity contribution in [3.63, 3.8) is 0 Å². The van der Waals surface area contributed by atoms with E-state index in [-0.39, 0.29) is 5.41 Å². The molecule has 0 bridgehead atoms. The molecular weight excluding hydrogens is 124 g/mol. The maximum absolute atomic E-state index is 11.3. The van der Waals surface area contributed by atoms with Gasteiger partial charge in [-0.2, -0.15) is 0 Å². The quantitative estimate of drug-likeness (QED) is 0.545. The van der Waals surface area contributed by atoms with Crippen LogP contribution >= 0.6 is 0 Å². The van der Waals surface area contributed by atoms with Gasteiger partial charge in [-0.3, -0.25) is 4.79 Å². The van der Waals surface area contributed by atoms with Crippen LogP contribution in [0, 0.1) is 5.41 Å². The van der Waals surface area contributed by atoms with Crippen LogP contribution in [-0.4, -0.2) is 5.78 Å². The van der Waals surface area contributed by atoms with Gasteiger partial charge in [0.2, 0.25) is 0 Å². The number of carbonyl (C=O) groups is 1. The first kappa shape index (κ1) is 7.52. The van der Waals surface area contributed by atoms with Gasteiger partial charge in [-0.15, -0.1) is 6.58 Å². The van der Waals surface area contributed by atoms with Gasteiger partial charge in [0.05, 0.1) is 0 Å². The summed E-state index contributed by atoms with van der Waals surface area (Å²) in [6, 6.07) is 0. The van der Waals surface area contributed by atoms with E-state index in [2.05, 4.69) is 13.5 Å². The Balaban J connectivity index is 2.47. The van der Waals surface area contributed by atoms with Gasteiger partial charge in [-0.05, 0) is 19.3 Å². The first-order chi connectivity index (χ1) is 4.75. The number of ketones is 1. The normalized spacial score (nSPS) is 20.1. The van der Waals surface area contributed by atoms with Crippen molar-refractivity contribution in [2.24, 2.45) is 5.41 Å². The molecule has 1 saturated carbocycles. The average Bonchev–Trinajstić information content (AvgIpc) is 2.68. The Bertz CT molecular complexity index is 154. The summed E-state index contributed by atoms with van der Waals surface area (Å²) in [6.45, 7) is 5.65.